The Hall–Kier alpha value is -1.95. The molecule has 0 saturated heterocycles. The van der Waals surface area contributed by atoms with Crippen molar-refractivity contribution in [2.45, 2.75) is 26.4 Å². The fraction of sp³-hybridized carbons (Fsp3) is 0.308. The Bertz CT molecular complexity index is 541. The van der Waals surface area contributed by atoms with Crippen LogP contribution in [-0.2, 0) is 6.54 Å². The number of thiazole rings is 1. The summed E-state index contributed by atoms with van der Waals surface area (Å²) >= 11 is 1.58. The molecule has 19 heavy (non-hydrogen) atoms. The van der Waals surface area contributed by atoms with Crippen LogP contribution in [0.3, 0.4) is 0 Å². The zero-order valence-electron chi connectivity index (χ0n) is 10.9. The molecule has 5 nitrogen and oxygen atoms in total. The van der Waals surface area contributed by atoms with Crippen molar-refractivity contribution in [1.29, 1.82) is 0 Å². The minimum absolute atomic E-state index is 0.0779. The molecule has 0 unspecified atom stereocenters. The molecule has 0 aliphatic heterocycles. The molecule has 2 amide bonds. The smallest absolute Gasteiger partial charge is 0.315 e. The predicted molar refractivity (Wildman–Crippen MR) is 74.9 cm³/mol. The second-order valence-corrected chi connectivity index (χ2v) is 5.26. The molecule has 1 atom stereocenters. The molecule has 0 saturated carbocycles. The minimum Gasteiger partial charge on any atom is -0.332 e. The van der Waals surface area contributed by atoms with Gasteiger partial charge < -0.3 is 10.6 Å². The van der Waals surface area contributed by atoms with Crippen LogP contribution in [-0.4, -0.2) is 16.0 Å². The van der Waals surface area contributed by atoms with E-state index in [1.165, 1.54) is 0 Å². The van der Waals surface area contributed by atoms with Gasteiger partial charge in [0, 0.05) is 17.8 Å². The van der Waals surface area contributed by atoms with Crippen LogP contribution < -0.4 is 10.6 Å². The van der Waals surface area contributed by atoms with Gasteiger partial charge in [0.25, 0.3) is 0 Å². The molecule has 0 aliphatic rings. The van der Waals surface area contributed by atoms with E-state index < -0.39 is 0 Å². The third kappa shape index (κ3) is 4.03. The van der Waals surface area contributed by atoms with Crippen molar-refractivity contribution in [3.05, 3.63) is 46.2 Å². The van der Waals surface area contributed by atoms with Gasteiger partial charge in [0.05, 0.1) is 23.3 Å². The molecule has 2 N–H and O–H groups in total. The normalized spacial score (nSPS) is 11.9. The maximum atomic E-state index is 11.7. The first kappa shape index (κ1) is 13.5. The van der Waals surface area contributed by atoms with Gasteiger partial charge in [-0.05, 0) is 25.5 Å². The van der Waals surface area contributed by atoms with Crippen LogP contribution in [0, 0.1) is 6.92 Å². The fourth-order valence-electron chi connectivity index (χ4n) is 1.62. The fourth-order valence-corrected chi connectivity index (χ4v) is 2.24. The van der Waals surface area contributed by atoms with Crippen molar-refractivity contribution >= 4 is 17.4 Å². The summed E-state index contributed by atoms with van der Waals surface area (Å²) in [6.07, 6.45) is 3.45. The first-order valence-corrected chi connectivity index (χ1v) is 6.88. The Morgan fingerprint density at radius 1 is 1.53 bits per heavy atom. The summed E-state index contributed by atoms with van der Waals surface area (Å²) in [5.74, 6) is 0. The monoisotopic (exact) mass is 276 g/mol. The van der Waals surface area contributed by atoms with E-state index in [1.807, 2.05) is 31.4 Å². The van der Waals surface area contributed by atoms with Gasteiger partial charge in [-0.3, -0.25) is 4.98 Å². The number of nitrogens with zero attached hydrogens (tertiary/aromatic N) is 2. The molecule has 2 heterocycles. The van der Waals surface area contributed by atoms with E-state index in [1.54, 1.807) is 23.7 Å². The third-order valence-electron chi connectivity index (χ3n) is 2.63. The molecule has 2 rings (SSSR count). The van der Waals surface area contributed by atoms with Crippen molar-refractivity contribution in [3.63, 3.8) is 0 Å². The van der Waals surface area contributed by atoms with Crippen LogP contribution in [0.15, 0.2) is 29.9 Å². The topological polar surface area (TPSA) is 66.9 Å². The van der Waals surface area contributed by atoms with Gasteiger partial charge in [-0.15, -0.1) is 11.3 Å². The number of hydrogen-bond donors (Lipinski definition) is 2. The number of rotatable bonds is 4. The third-order valence-corrected chi connectivity index (χ3v) is 3.45. The van der Waals surface area contributed by atoms with Crippen LogP contribution in [0.4, 0.5) is 4.79 Å². The second-order valence-electron chi connectivity index (χ2n) is 4.19. The van der Waals surface area contributed by atoms with E-state index in [4.69, 9.17) is 0 Å². The highest BCUT2D eigenvalue weighted by Gasteiger charge is 2.09. The Morgan fingerprint density at radius 2 is 2.37 bits per heavy atom. The van der Waals surface area contributed by atoms with Crippen molar-refractivity contribution in [2.24, 2.45) is 0 Å². The standard InChI is InChI=1S/C13H16N4OS/c1-9(11-4-3-5-14-6-11)16-13(18)15-7-12-8-19-10(2)17-12/h3-6,8-9H,7H2,1-2H3,(H2,15,16,18)/t9-/m1/s1. The number of carbonyl (C=O) groups is 1. The number of aromatic nitrogens is 2. The lowest BCUT2D eigenvalue weighted by Crippen LogP contribution is -2.36. The SMILES string of the molecule is Cc1nc(CNC(=O)N[C@H](C)c2cccnc2)cs1. The summed E-state index contributed by atoms with van der Waals surface area (Å²) in [6, 6.07) is 3.50. The lowest BCUT2D eigenvalue weighted by atomic mass is 10.1. The summed E-state index contributed by atoms with van der Waals surface area (Å²) in [5, 5.41) is 8.59. The van der Waals surface area contributed by atoms with Gasteiger partial charge in [-0.2, -0.15) is 0 Å². The molecule has 0 bridgehead atoms. The molecule has 0 aliphatic carbocycles. The molecule has 0 aromatic carbocycles. The summed E-state index contributed by atoms with van der Waals surface area (Å²) < 4.78 is 0. The summed E-state index contributed by atoms with van der Waals surface area (Å²) in [4.78, 5) is 20.1. The van der Waals surface area contributed by atoms with Gasteiger partial charge in [0.15, 0.2) is 0 Å². The van der Waals surface area contributed by atoms with E-state index in [0.29, 0.717) is 6.54 Å². The molecular formula is C13H16N4OS. The molecule has 2 aromatic rings. The molecule has 0 radical (unpaired) electrons. The molecular weight excluding hydrogens is 260 g/mol. The average molecular weight is 276 g/mol. The van der Waals surface area contributed by atoms with Gasteiger partial charge in [0.1, 0.15) is 0 Å². The Labute approximate surface area is 116 Å². The zero-order chi connectivity index (χ0) is 13.7. The van der Waals surface area contributed by atoms with Gasteiger partial charge >= 0.3 is 6.03 Å². The van der Waals surface area contributed by atoms with Crippen molar-refractivity contribution < 1.29 is 4.79 Å². The first-order valence-electron chi connectivity index (χ1n) is 6.00. The highest BCUT2D eigenvalue weighted by Crippen LogP contribution is 2.10. The number of carbonyl (C=O) groups excluding carboxylic acids is 1. The highest BCUT2D eigenvalue weighted by atomic mass is 32.1. The highest BCUT2D eigenvalue weighted by molar-refractivity contribution is 7.09. The van der Waals surface area contributed by atoms with Crippen LogP contribution in [0.2, 0.25) is 0 Å². The van der Waals surface area contributed by atoms with Crippen LogP contribution in [0.5, 0.6) is 0 Å². The lowest BCUT2D eigenvalue weighted by molar-refractivity contribution is 0.237. The van der Waals surface area contributed by atoms with Crippen molar-refractivity contribution in [1.82, 2.24) is 20.6 Å². The number of pyridine rings is 1. The zero-order valence-corrected chi connectivity index (χ0v) is 11.7. The largest absolute Gasteiger partial charge is 0.332 e. The number of nitrogens with one attached hydrogen (secondary N) is 2. The van der Waals surface area contributed by atoms with Gasteiger partial charge in [-0.25, -0.2) is 9.78 Å². The summed E-state index contributed by atoms with van der Waals surface area (Å²) in [7, 11) is 0. The van der Waals surface area contributed by atoms with Crippen LogP contribution in [0.25, 0.3) is 0 Å². The van der Waals surface area contributed by atoms with Gasteiger partial charge in [-0.1, -0.05) is 6.07 Å². The number of aryl methyl sites for hydroxylation is 1. The maximum Gasteiger partial charge on any atom is 0.315 e. The number of amides is 2. The number of urea groups is 1. The molecule has 0 spiro atoms. The minimum atomic E-state index is -0.206. The van der Waals surface area contributed by atoms with Gasteiger partial charge in [0.2, 0.25) is 0 Å². The summed E-state index contributed by atoms with van der Waals surface area (Å²) in [5.41, 5.74) is 1.86. The molecule has 6 heteroatoms. The predicted octanol–water partition coefficient (Wildman–Crippen LogP) is 2.41. The lowest BCUT2D eigenvalue weighted by Gasteiger charge is -2.14. The second kappa shape index (κ2) is 6.29. The Morgan fingerprint density at radius 3 is 3.00 bits per heavy atom. The molecule has 2 aromatic heterocycles. The van der Waals surface area contributed by atoms with E-state index in [2.05, 4.69) is 20.6 Å². The van der Waals surface area contributed by atoms with E-state index >= 15 is 0 Å². The maximum absolute atomic E-state index is 11.7. The van der Waals surface area contributed by atoms with E-state index in [-0.39, 0.29) is 12.1 Å². The van der Waals surface area contributed by atoms with Crippen LogP contribution >= 0.6 is 11.3 Å². The summed E-state index contributed by atoms with van der Waals surface area (Å²) in [6.45, 7) is 4.30. The average Bonchev–Trinajstić information content (AvgIpc) is 2.83. The van der Waals surface area contributed by atoms with E-state index in [9.17, 15) is 4.79 Å². The molecule has 0 fully saturated rings. The van der Waals surface area contributed by atoms with Crippen molar-refractivity contribution in [3.8, 4) is 0 Å². The Kier molecular flexibility index (Phi) is 4.46. The first-order chi connectivity index (χ1) is 9.15. The van der Waals surface area contributed by atoms with Crippen molar-refractivity contribution in [2.75, 3.05) is 0 Å². The van der Waals surface area contributed by atoms with Crippen LogP contribution in [0.1, 0.15) is 29.2 Å². The quantitative estimate of drug-likeness (QED) is 0.901. The number of hydrogen-bond acceptors (Lipinski definition) is 4. The van der Waals surface area contributed by atoms with E-state index in [0.717, 1.165) is 16.3 Å². The molecule has 100 valence electrons. The Balaban J connectivity index is 1.81.